The van der Waals surface area contributed by atoms with Crippen molar-refractivity contribution in [1.82, 2.24) is 38.6 Å². The molecule has 1 unspecified atom stereocenters. The van der Waals surface area contributed by atoms with Gasteiger partial charge in [-0.25, -0.2) is 4.98 Å². The number of anilines is 2. The van der Waals surface area contributed by atoms with Gasteiger partial charge in [-0.15, -0.1) is 0 Å². The van der Waals surface area contributed by atoms with Gasteiger partial charge in [-0.3, -0.25) is 19.5 Å². The molecule has 0 bridgehead atoms. The molecule has 7 aromatic carbocycles. The van der Waals surface area contributed by atoms with Gasteiger partial charge in [0.15, 0.2) is 11.6 Å². The average molecular weight is 899 g/mol. The van der Waals surface area contributed by atoms with Crippen molar-refractivity contribution in [3.05, 3.63) is 212 Å². The van der Waals surface area contributed by atoms with E-state index in [2.05, 4.69) is 186 Å². The van der Waals surface area contributed by atoms with Crippen LogP contribution in [-0.4, -0.2) is 50.9 Å². The Kier molecular flexibility index (Phi) is 8.25. The molecule has 0 aliphatic carbocycles. The molecule has 15 rings (SSSR count). The number of fused-ring (bicyclic) bond motifs is 12. The topological polar surface area (TPSA) is 94.8 Å². The molecule has 1 atom stereocenters. The molecule has 8 heterocycles. The summed E-state index contributed by atoms with van der Waals surface area (Å²) in [6.45, 7) is 0. The Bertz CT molecular complexity index is 4070. The molecule has 10 heteroatoms. The molecule has 2 aliphatic rings. The number of pyridine rings is 2. The predicted molar refractivity (Wildman–Crippen MR) is 283 cm³/mol. The van der Waals surface area contributed by atoms with Crippen LogP contribution >= 0.6 is 0 Å². The lowest BCUT2D eigenvalue weighted by atomic mass is 9.99. The normalized spacial score (nSPS) is 14.4. The van der Waals surface area contributed by atoms with Gasteiger partial charge in [0.05, 0.1) is 56.2 Å². The van der Waals surface area contributed by atoms with Crippen molar-refractivity contribution >= 4 is 88.6 Å². The fourth-order valence-electron chi connectivity index (χ4n) is 11.3. The zero-order valence-electron chi connectivity index (χ0n) is 37.5. The second kappa shape index (κ2) is 15.0. The van der Waals surface area contributed by atoms with E-state index in [1.165, 1.54) is 11.1 Å². The monoisotopic (exact) mass is 898 g/mol. The number of benzene rings is 7. The van der Waals surface area contributed by atoms with Gasteiger partial charge in [0, 0.05) is 104 Å². The van der Waals surface area contributed by atoms with Gasteiger partial charge in [-0.05, 0) is 54.6 Å². The molecule has 0 saturated carbocycles. The fraction of sp³-hybridized carbons (Fsp3) is 0.0333. The van der Waals surface area contributed by atoms with Gasteiger partial charge in [0.2, 0.25) is 5.95 Å². The molecule has 2 aliphatic heterocycles. The maximum Gasteiger partial charge on any atom is 0.238 e. The third-order valence-corrected chi connectivity index (χ3v) is 14.2. The van der Waals surface area contributed by atoms with E-state index < -0.39 is 0 Å². The standard InChI is InChI=1S/C60H38N10/c1-2-14-37(15-3-1)58-64-59(66-60(65-58)70-50-24-12-4-16-39(50)40-17-5-13-25-51(40)70)38-32-55(67-47-21-9-6-18-41(47)44-34-61-29-26-52(44)67)57(69-49-23-11-8-20-43(49)46-36-63-31-28-54(46)69)56(33-38)68-48-22-10-7-19-42(48)45-35-62-30-27-53(45)68/h1-27,29-36,54H,28H2. The Balaban J connectivity index is 1.13. The molecule has 6 aromatic heterocycles. The number of rotatable bonds is 6. The molecular weight excluding hydrogens is 861 g/mol. The number of hydrogen-bond donors (Lipinski definition) is 0. The highest BCUT2D eigenvalue weighted by Gasteiger charge is 2.39. The minimum atomic E-state index is -0.0356. The first kappa shape index (κ1) is 38.6. The van der Waals surface area contributed by atoms with Crippen LogP contribution in [0, 0.1) is 0 Å². The maximum absolute atomic E-state index is 5.56. The minimum Gasteiger partial charge on any atom is -0.329 e. The van der Waals surface area contributed by atoms with Crippen molar-refractivity contribution in [3.63, 3.8) is 0 Å². The molecule has 13 aromatic rings. The molecule has 0 saturated heterocycles. The Morgan fingerprint density at radius 2 is 0.900 bits per heavy atom. The van der Waals surface area contributed by atoms with Crippen molar-refractivity contribution in [3.8, 4) is 40.1 Å². The zero-order chi connectivity index (χ0) is 45.9. The summed E-state index contributed by atoms with van der Waals surface area (Å²) in [5.74, 6) is 1.64. The SMILES string of the molecule is C1=NC=C2c3ccccc3N(c3c(-n4c5ccccc5c5cnccc54)cc(-c4nc(-c5ccccc5)nc(-n5c6ccccc6c6ccccc65)n4)cc3-n3c4ccccc4c4cnccc43)C2C1. The van der Waals surface area contributed by atoms with Gasteiger partial charge in [0.1, 0.15) is 0 Å². The molecule has 0 N–H and O–H groups in total. The number of aromatic nitrogens is 8. The van der Waals surface area contributed by atoms with Crippen molar-refractivity contribution in [2.75, 3.05) is 4.90 Å². The molecule has 0 amide bonds. The van der Waals surface area contributed by atoms with Crippen molar-refractivity contribution in [2.24, 2.45) is 4.99 Å². The van der Waals surface area contributed by atoms with Crippen LogP contribution < -0.4 is 4.90 Å². The van der Waals surface area contributed by atoms with Gasteiger partial charge in [-0.1, -0.05) is 121 Å². The second-order valence-corrected chi connectivity index (χ2v) is 17.9. The largest absolute Gasteiger partial charge is 0.329 e. The summed E-state index contributed by atoms with van der Waals surface area (Å²) < 4.78 is 7.01. The number of nitrogens with zero attached hydrogens (tertiary/aromatic N) is 10. The first-order valence-electron chi connectivity index (χ1n) is 23.5. The highest BCUT2D eigenvalue weighted by atomic mass is 15.2. The van der Waals surface area contributed by atoms with Crippen LogP contribution in [0.4, 0.5) is 11.4 Å². The van der Waals surface area contributed by atoms with Gasteiger partial charge in [0.25, 0.3) is 0 Å². The Hall–Kier alpha value is -9.54. The van der Waals surface area contributed by atoms with Crippen molar-refractivity contribution < 1.29 is 0 Å². The van der Waals surface area contributed by atoms with E-state index in [1.54, 1.807) is 0 Å². The summed E-state index contributed by atoms with van der Waals surface area (Å²) in [7, 11) is 0. The summed E-state index contributed by atoms with van der Waals surface area (Å²) >= 11 is 0. The van der Waals surface area contributed by atoms with Gasteiger partial charge >= 0.3 is 0 Å². The molecule has 0 radical (unpaired) electrons. The summed E-state index contributed by atoms with van der Waals surface area (Å²) in [5, 5.41) is 6.60. The van der Waals surface area contributed by atoms with E-state index >= 15 is 0 Å². The Morgan fingerprint density at radius 3 is 1.50 bits per heavy atom. The number of para-hydroxylation sites is 5. The third-order valence-electron chi connectivity index (χ3n) is 14.2. The van der Waals surface area contributed by atoms with Crippen LogP contribution in [0.1, 0.15) is 12.0 Å². The van der Waals surface area contributed by atoms with Crippen molar-refractivity contribution in [2.45, 2.75) is 12.5 Å². The van der Waals surface area contributed by atoms with E-state index in [4.69, 9.17) is 19.9 Å². The molecular formula is C60H38N10. The highest BCUT2D eigenvalue weighted by Crippen LogP contribution is 2.53. The van der Waals surface area contributed by atoms with E-state index in [1.807, 2.05) is 55.4 Å². The zero-order valence-corrected chi connectivity index (χ0v) is 37.5. The molecule has 70 heavy (non-hydrogen) atoms. The number of hydrogen-bond acceptors (Lipinski definition) is 7. The lowest BCUT2D eigenvalue weighted by Gasteiger charge is -2.33. The average Bonchev–Trinajstić information content (AvgIpc) is 4.16. The van der Waals surface area contributed by atoms with Gasteiger partial charge in [-0.2, -0.15) is 9.97 Å². The van der Waals surface area contributed by atoms with Crippen LogP contribution in [0.15, 0.2) is 212 Å². The van der Waals surface area contributed by atoms with Crippen LogP contribution in [0.3, 0.4) is 0 Å². The fourth-order valence-corrected chi connectivity index (χ4v) is 11.3. The lowest BCUT2D eigenvalue weighted by Crippen LogP contribution is -2.30. The molecule has 328 valence electrons. The quantitative estimate of drug-likeness (QED) is 0.165. The summed E-state index contributed by atoms with van der Waals surface area (Å²) in [6.07, 6.45) is 12.6. The highest BCUT2D eigenvalue weighted by molar-refractivity contribution is 6.13. The Morgan fingerprint density at radius 1 is 0.414 bits per heavy atom. The maximum atomic E-state index is 5.56. The van der Waals surface area contributed by atoms with E-state index in [0.717, 1.165) is 106 Å². The predicted octanol–water partition coefficient (Wildman–Crippen LogP) is 13.6. The van der Waals surface area contributed by atoms with Gasteiger partial charge < -0.3 is 14.0 Å². The molecule has 10 nitrogen and oxygen atoms in total. The summed E-state index contributed by atoms with van der Waals surface area (Å²) in [4.78, 5) is 33.0. The first-order chi connectivity index (χ1) is 34.8. The van der Waals surface area contributed by atoms with E-state index in [-0.39, 0.29) is 6.04 Å². The van der Waals surface area contributed by atoms with Crippen LogP contribution in [0.5, 0.6) is 0 Å². The van der Waals surface area contributed by atoms with Crippen molar-refractivity contribution in [1.29, 1.82) is 0 Å². The first-order valence-corrected chi connectivity index (χ1v) is 23.5. The second-order valence-electron chi connectivity index (χ2n) is 17.9. The van der Waals surface area contributed by atoms with E-state index in [0.29, 0.717) is 17.6 Å². The minimum absolute atomic E-state index is 0.0356. The molecule has 0 fully saturated rings. The summed E-state index contributed by atoms with van der Waals surface area (Å²) in [5.41, 5.74) is 14.4. The Labute approximate surface area is 400 Å². The van der Waals surface area contributed by atoms with Crippen LogP contribution in [0.25, 0.3) is 111 Å². The lowest BCUT2D eigenvalue weighted by molar-refractivity contribution is 0.849. The summed E-state index contributed by atoms with van der Waals surface area (Å²) in [6, 6.07) is 62.0. The molecule has 0 spiro atoms. The third kappa shape index (κ3) is 5.55. The number of aliphatic imine (C=N–C) groups is 1. The van der Waals surface area contributed by atoms with E-state index in [9.17, 15) is 0 Å². The van der Waals surface area contributed by atoms with Crippen LogP contribution in [-0.2, 0) is 0 Å². The smallest absolute Gasteiger partial charge is 0.238 e. The van der Waals surface area contributed by atoms with Crippen LogP contribution in [0.2, 0.25) is 0 Å².